The van der Waals surface area contributed by atoms with Crippen LogP contribution in [0.3, 0.4) is 0 Å². The fourth-order valence-corrected chi connectivity index (χ4v) is 2.89. The third kappa shape index (κ3) is 4.08. The highest BCUT2D eigenvalue weighted by Gasteiger charge is 2.22. The van der Waals surface area contributed by atoms with Crippen molar-refractivity contribution in [2.24, 2.45) is 0 Å². The van der Waals surface area contributed by atoms with Crippen LogP contribution in [0, 0.1) is 11.3 Å². The van der Waals surface area contributed by atoms with E-state index in [0.29, 0.717) is 12.1 Å². The first-order valence-corrected chi connectivity index (χ1v) is 7.69. The molecule has 2 heterocycles. The van der Waals surface area contributed by atoms with Crippen molar-refractivity contribution in [3.8, 4) is 6.07 Å². The molecule has 0 saturated carbocycles. The molecule has 21 heavy (non-hydrogen) atoms. The molecule has 0 radical (unpaired) electrons. The molecular weight excluding hydrogens is 264 g/mol. The van der Waals surface area contributed by atoms with Gasteiger partial charge in [0, 0.05) is 37.8 Å². The number of aromatic nitrogens is 1. The first-order chi connectivity index (χ1) is 10.1. The van der Waals surface area contributed by atoms with Crippen LogP contribution >= 0.6 is 0 Å². The highest BCUT2D eigenvalue weighted by molar-refractivity contribution is 5.41. The molecule has 1 fully saturated rings. The second kappa shape index (κ2) is 7.28. The van der Waals surface area contributed by atoms with Crippen molar-refractivity contribution in [1.29, 1.82) is 5.26 Å². The topological polar surface area (TPSA) is 61.1 Å². The molecule has 1 aromatic rings. The lowest BCUT2D eigenvalue weighted by molar-refractivity contribution is 0.178. The van der Waals surface area contributed by atoms with Gasteiger partial charge in [-0.2, -0.15) is 5.26 Å². The Morgan fingerprint density at radius 1 is 1.52 bits per heavy atom. The zero-order valence-electron chi connectivity index (χ0n) is 12.9. The maximum Gasteiger partial charge on any atom is 0.274 e. The molecule has 1 atom stereocenters. The molecule has 1 aromatic heterocycles. The van der Waals surface area contributed by atoms with Crippen LogP contribution in [-0.4, -0.2) is 35.1 Å². The number of hydrogen-bond acceptors (Lipinski definition) is 4. The van der Waals surface area contributed by atoms with E-state index in [2.05, 4.69) is 16.3 Å². The Labute approximate surface area is 126 Å². The van der Waals surface area contributed by atoms with Gasteiger partial charge < -0.3 is 14.8 Å². The highest BCUT2D eigenvalue weighted by atomic mass is 16.1. The summed E-state index contributed by atoms with van der Waals surface area (Å²) in [5, 5.41) is 11.9. The van der Waals surface area contributed by atoms with E-state index in [4.69, 9.17) is 5.26 Å². The van der Waals surface area contributed by atoms with Gasteiger partial charge in [-0.3, -0.25) is 4.79 Å². The molecule has 0 aliphatic carbocycles. The zero-order valence-corrected chi connectivity index (χ0v) is 12.9. The third-order valence-corrected chi connectivity index (χ3v) is 3.83. The minimum atomic E-state index is 0.0540. The summed E-state index contributed by atoms with van der Waals surface area (Å²) < 4.78 is 1.85. The predicted molar refractivity (Wildman–Crippen MR) is 84.4 cm³/mol. The van der Waals surface area contributed by atoms with Crippen LogP contribution in [0.4, 0.5) is 5.69 Å². The molecule has 0 aromatic carbocycles. The van der Waals surface area contributed by atoms with Gasteiger partial charge in [-0.25, -0.2) is 0 Å². The zero-order chi connectivity index (χ0) is 15.2. The lowest BCUT2D eigenvalue weighted by Crippen LogP contribution is -2.40. The molecule has 2 rings (SSSR count). The van der Waals surface area contributed by atoms with Crippen molar-refractivity contribution in [1.82, 2.24) is 9.47 Å². The first kappa shape index (κ1) is 15.6. The second-order valence-electron chi connectivity index (χ2n) is 5.94. The van der Waals surface area contributed by atoms with Crippen LogP contribution < -0.4 is 10.9 Å². The maximum absolute atomic E-state index is 12.6. The van der Waals surface area contributed by atoms with Crippen molar-refractivity contribution in [3.05, 3.63) is 28.7 Å². The number of hydrogen-bond donors (Lipinski definition) is 1. The number of pyridine rings is 1. The lowest BCUT2D eigenvalue weighted by atomic mass is 10.0. The molecule has 114 valence electrons. The SMILES string of the molecule is CC(C)Nc1cccn([C@H]2CCCN(CCC#N)C2)c1=O. The standard InChI is InChI=1S/C16H24N4O/c1-13(2)18-15-7-4-11-20(16(15)21)14-6-3-9-19(12-14)10-5-8-17/h4,7,11,13-14,18H,3,5-6,9-10,12H2,1-2H3/t14-/m0/s1. The van der Waals surface area contributed by atoms with Crippen LogP contribution in [-0.2, 0) is 0 Å². The van der Waals surface area contributed by atoms with Crippen LogP contribution in [0.5, 0.6) is 0 Å². The van der Waals surface area contributed by atoms with Gasteiger partial charge in [0.15, 0.2) is 0 Å². The Bertz CT molecular complexity index is 558. The number of nitriles is 1. The van der Waals surface area contributed by atoms with E-state index >= 15 is 0 Å². The molecule has 0 amide bonds. The smallest absolute Gasteiger partial charge is 0.274 e. The second-order valence-corrected chi connectivity index (χ2v) is 5.94. The minimum absolute atomic E-state index is 0.0540. The van der Waals surface area contributed by atoms with E-state index in [1.807, 2.05) is 36.7 Å². The van der Waals surface area contributed by atoms with Crippen LogP contribution in [0.1, 0.15) is 39.2 Å². The Morgan fingerprint density at radius 3 is 3.05 bits per heavy atom. The van der Waals surface area contributed by atoms with Gasteiger partial charge in [0.25, 0.3) is 5.56 Å². The molecule has 5 heteroatoms. The first-order valence-electron chi connectivity index (χ1n) is 7.69. The van der Waals surface area contributed by atoms with Gasteiger partial charge >= 0.3 is 0 Å². The van der Waals surface area contributed by atoms with E-state index < -0.39 is 0 Å². The van der Waals surface area contributed by atoms with Crippen LogP contribution in [0.25, 0.3) is 0 Å². The van der Waals surface area contributed by atoms with E-state index in [0.717, 1.165) is 32.5 Å². The van der Waals surface area contributed by atoms with Crippen molar-refractivity contribution in [3.63, 3.8) is 0 Å². The summed E-state index contributed by atoms with van der Waals surface area (Å²) in [4.78, 5) is 14.8. The summed E-state index contributed by atoms with van der Waals surface area (Å²) in [7, 11) is 0. The molecular formula is C16H24N4O. The number of likely N-dealkylation sites (tertiary alicyclic amines) is 1. The summed E-state index contributed by atoms with van der Waals surface area (Å²) in [6.45, 7) is 6.73. The Morgan fingerprint density at radius 2 is 2.33 bits per heavy atom. The molecule has 1 N–H and O–H groups in total. The quantitative estimate of drug-likeness (QED) is 0.902. The van der Waals surface area contributed by atoms with Crippen LogP contribution in [0.2, 0.25) is 0 Å². The van der Waals surface area contributed by atoms with Gasteiger partial charge in [-0.15, -0.1) is 0 Å². The average molecular weight is 288 g/mol. The molecule has 0 unspecified atom stereocenters. The van der Waals surface area contributed by atoms with Gasteiger partial charge in [-0.1, -0.05) is 0 Å². The third-order valence-electron chi connectivity index (χ3n) is 3.83. The minimum Gasteiger partial charge on any atom is -0.378 e. The van der Waals surface area contributed by atoms with Gasteiger partial charge in [0.2, 0.25) is 0 Å². The van der Waals surface area contributed by atoms with E-state index in [1.165, 1.54) is 0 Å². The van der Waals surface area contributed by atoms with Crippen molar-refractivity contribution in [2.45, 2.75) is 45.2 Å². The molecule has 0 spiro atoms. The lowest BCUT2D eigenvalue weighted by Gasteiger charge is -2.33. The summed E-state index contributed by atoms with van der Waals surface area (Å²) in [5.74, 6) is 0. The average Bonchev–Trinajstić information content (AvgIpc) is 2.47. The van der Waals surface area contributed by atoms with Gasteiger partial charge in [-0.05, 0) is 45.4 Å². The fraction of sp³-hybridized carbons (Fsp3) is 0.625. The molecule has 0 bridgehead atoms. The molecule has 1 saturated heterocycles. The summed E-state index contributed by atoms with van der Waals surface area (Å²) in [6, 6.07) is 6.41. The number of anilines is 1. The van der Waals surface area contributed by atoms with Crippen molar-refractivity contribution in [2.75, 3.05) is 25.0 Å². The Hall–Kier alpha value is -1.80. The number of nitrogens with zero attached hydrogens (tertiary/aromatic N) is 3. The van der Waals surface area contributed by atoms with Crippen molar-refractivity contribution < 1.29 is 0 Å². The molecule has 1 aliphatic rings. The van der Waals surface area contributed by atoms with Gasteiger partial charge in [0.1, 0.15) is 5.69 Å². The number of rotatable bonds is 5. The molecule has 5 nitrogen and oxygen atoms in total. The monoisotopic (exact) mass is 288 g/mol. The highest BCUT2D eigenvalue weighted by Crippen LogP contribution is 2.20. The summed E-state index contributed by atoms with van der Waals surface area (Å²) in [5.41, 5.74) is 0.722. The van der Waals surface area contributed by atoms with Gasteiger partial charge in [0.05, 0.1) is 6.07 Å². The summed E-state index contributed by atoms with van der Waals surface area (Å²) in [6.07, 6.45) is 4.53. The fourth-order valence-electron chi connectivity index (χ4n) is 2.89. The van der Waals surface area contributed by atoms with Crippen molar-refractivity contribution >= 4 is 5.69 Å². The normalized spacial score (nSPS) is 19.4. The summed E-state index contributed by atoms with van der Waals surface area (Å²) >= 11 is 0. The number of piperidine rings is 1. The maximum atomic E-state index is 12.6. The molecule has 1 aliphatic heterocycles. The van der Waals surface area contributed by atoms with E-state index in [1.54, 1.807) is 0 Å². The largest absolute Gasteiger partial charge is 0.378 e. The van der Waals surface area contributed by atoms with Crippen LogP contribution in [0.15, 0.2) is 23.1 Å². The number of nitrogens with one attached hydrogen (secondary N) is 1. The Balaban J connectivity index is 2.14. The predicted octanol–water partition coefficient (Wildman–Crippen LogP) is 2.22. The van der Waals surface area contributed by atoms with E-state index in [9.17, 15) is 4.79 Å². The van der Waals surface area contributed by atoms with E-state index in [-0.39, 0.29) is 17.6 Å². The Kier molecular flexibility index (Phi) is 5.40.